The lowest BCUT2D eigenvalue weighted by Gasteiger charge is -2.15. The van der Waals surface area contributed by atoms with Gasteiger partial charge in [0.1, 0.15) is 6.10 Å². The number of anilines is 2. The number of sulfonamides is 1. The van der Waals surface area contributed by atoms with E-state index in [1.807, 2.05) is 30.3 Å². The van der Waals surface area contributed by atoms with Crippen LogP contribution in [-0.2, 0) is 26.2 Å². The van der Waals surface area contributed by atoms with Crippen molar-refractivity contribution in [3.8, 4) is 0 Å². The maximum atomic E-state index is 12.3. The van der Waals surface area contributed by atoms with Crippen molar-refractivity contribution in [2.24, 2.45) is 0 Å². The number of carbonyl (C=O) groups excluding carboxylic acids is 1. The zero-order valence-corrected chi connectivity index (χ0v) is 16.0. The fourth-order valence-electron chi connectivity index (χ4n) is 2.21. The molecule has 0 aliphatic rings. The smallest absolute Gasteiger partial charge is 0.253 e. The summed E-state index contributed by atoms with van der Waals surface area (Å²) in [6.45, 7) is 5.39. The molecule has 0 fully saturated rings. The quantitative estimate of drug-likeness (QED) is 0.740. The molecule has 2 N–H and O–H groups in total. The third-order valence-electron chi connectivity index (χ3n) is 3.85. The number of amides is 1. The standard InChI is InChI=1S/C19H24N2O4S/c1-4-26(23,24)21-18-11-10-17(12-14(18)2)20-19(22)15(3)25-13-16-8-6-5-7-9-16/h5-12,15,21H,4,13H2,1-3H3,(H,20,22). The monoisotopic (exact) mass is 376 g/mol. The maximum Gasteiger partial charge on any atom is 0.253 e. The predicted molar refractivity (Wildman–Crippen MR) is 104 cm³/mol. The number of rotatable bonds is 8. The molecule has 0 saturated heterocycles. The third-order valence-corrected chi connectivity index (χ3v) is 5.14. The SMILES string of the molecule is CCS(=O)(=O)Nc1ccc(NC(=O)C(C)OCc2ccccc2)cc1C. The van der Waals surface area contributed by atoms with Gasteiger partial charge in [0.15, 0.2) is 0 Å². The maximum absolute atomic E-state index is 12.3. The molecular weight excluding hydrogens is 352 g/mol. The predicted octanol–water partition coefficient (Wildman–Crippen LogP) is 3.30. The van der Waals surface area contributed by atoms with Crippen molar-refractivity contribution in [2.75, 3.05) is 15.8 Å². The second-order valence-corrected chi connectivity index (χ2v) is 7.97. The summed E-state index contributed by atoms with van der Waals surface area (Å²) in [5, 5.41) is 2.78. The Hall–Kier alpha value is -2.38. The number of aryl methyl sites for hydroxylation is 1. The molecule has 2 aromatic rings. The molecular formula is C19H24N2O4S. The average molecular weight is 376 g/mol. The third kappa shape index (κ3) is 5.86. The molecule has 0 aromatic heterocycles. The number of benzene rings is 2. The molecule has 0 radical (unpaired) electrons. The number of ether oxygens (including phenoxy) is 1. The van der Waals surface area contributed by atoms with Crippen LogP contribution in [0.2, 0.25) is 0 Å². The lowest BCUT2D eigenvalue weighted by molar-refractivity contribution is -0.127. The Labute approximate surface area is 154 Å². The Kier molecular flexibility index (Phi) is 6.76. The summed E-state index contributed by atoms with van der Waals surface area (Å²) in [6.07, 6.45) is -0.617. The molecule has 0 saturated carbocycles. The Morgan fingerprint density at radius 1 is 1.15 bits per heavy atom. The van der Waals surface area contributed by atoms with E-state index in [1.165, 1.54) is 0 Å². The summed E-state index contributed by atoms with van der Waals surface area (Å²) < 4.78 is 31.4. The van der Waals surface area contributed by atoms with Crippen molar-refractivity contribution in [1.82, 2.24) is 0 Å². The molecule has 26 heavy (non-hydrogen) atoms. The zero-order valence-electron chi connectivity index (χ0n) is 15.2. The van der Waals surface area contributed by atoms with Crippen LogP contribution in [0.25, 0.3) is 0 Å². The van der Waals surface area contributed by atoms with E-state index >= 15 is 0 Å². The van der Waals surface area contributed by atoms with Crippen LogP contribution < -0.4 is 10.0 Å². The molecule has 2 rings (SSSR count). The number of hydrogen-bond donors (Lipinski definition) is 2. The van der Waals surface area contributed by atoms with Crippen LogP contribution in [0.5, 0.6) is 0 Å². The van der Waals surface area contributed by atoms with E-state index in [2.05, 4.69) is 10.0 Å². The Bertz CT molecular complexity index is 851. The summed E-state index contributed by atoms with van der Waals surface area (Å²) in [5.41, 5.74) is 2.80. The van der Waals surface area contributed by atoms with E-state index < -0.39 is 16.1 Å². The van der Waals surface area contributed by atoms with Crippen LogP contribution in [0, 0.1) is 6.92 Å². The van der Waals surface area contributed by atoms with Crippen molar-refractivity contribution in [2.45, 2.75) is 33.5 Å². The molecule has 0 aliphatic heterocycles. The molecule has 1 unspecified atom stereocenters. The normalized spacial score (nSPS) is 12.4. The van der Waals surface area contributed by atoms with Gasteiger partial charge in [0.2, 0.25) is 10.0 Å². The first-order valence-electron chi connectivity index (χ1n) is 8.38. The van der Waals surface area contributed by atoms with Gasteiger partial charge in [-0.05, 0) is 50.1 Å². The van der Waals surface area contributed by atoms with Crippen molar-refractivity contribution in [3.63, 3.8) is 0 Å². The zero-order chi connectivity index (χ0) is 19.2. The summed E-state index contributed by atoms with van der Waals surface area (Å²) in [6, 6.07) is 14.6. The second-order valence-electron chi connectivity index (χ2n) is 5.96. The second kappa shape index (κ2) is 8.82. The van der Waals surface area contributed by atoms with Crippen LogP contribution in [0.15, 0.2) is 48.5 Å². The van der Waals surface area contributed by atoms with E-state index in [-0.39, 0.29) is 11.7 Å². The van der Waals surface area contributed by atoms with Crippen molar-refractivity contribution >= 4 is 27.3 Å². The highest BCUT2D eigenvalue weighted by Crippen LogP contribution is 2.21. The number of carbonyl (C=O) groups is 1. The van der Waals surface area contributed by atoms with Gasteiger partial charge in [-0.2, -0.15) is 0 Å². The summed E-state index contributed by atoms with van der Waals surface area (Å²) in [4.78, 5) is 12.3. The first kappa shape index (κ1) is 19.9. The molecule has 0 bridgehead atoms. The van der Waals surface area contributed by atoms with Crippen molar-refractivity contribution < 1.29 is 17.9 Å². The number of hydrogen-bond acceptors (Lipinski definition) is 4. The molecule has 7 heteroatoms. The van der Waals surface area contributed by atoms with Gasteiger partial charge in [0, 0.05) is 5.69 Å². The van der Waals surface area contributed by atoms with Crippen molar-refractivity contribution in [1.29, 1.82) is 0 Å². The highest BCUT2D eigenvalue weighted by Gasteiger charge is 2.15. The molecule has 1 atom stereocenters. The minimum Gasteiger partial charge on any atom is -0.364 e. The summed E-state index contributed by atoms with van der Waals surface area (Å²) in [5.74, 6) is -0.261. The van der Waals surface area contributed by atoms with Crippen LogP contribution in [-0.4, -0.2) is 26.2 Å². The Morgan fingerprint density at radius 2 is 1.85 bits per heavy atom. The van der Waals surface area contributed by atoms with Gasteiger partial charge < -0.3 is 10.1 Å². The van der Waals surface area contributed by atoms with Gasteiger partial charge in [0.25, 0.3) is 5.91 Å². The number of nitrogens with one attached hydrogen (secondary N) is 2. The van der Waals surface area contributed by atoms with Gasteiger partial charge in [-0.25, -0.2) is 8.42 Å². The largest absolute Gasteiger partial charge is 0.364 e. The van der Waals surface area contributed by atoms with Gasteiger partial charge >= 0.3 is 0 Å². The first-order chi connectivity index (χ1) is 12.3. The highest BCUT2D eigenvalue weighted by atomic mass is 32.2. The lowest BCUT2D eigenvalue weighted by atomic mass is 10.2. The van der Waals surface area contributed by atoms with Gasteiger partial charge in [-0.3, -0.25) is 9.52 Å². The Morgan fingerprint density at radius 3 is 2.46 bits per heavy atom. The van der Waals surface area contributed by atoms with E-state index in [1.54, 1.807) is 39.0 Å². The van der Waals surface area contributed by atoms with Crippen LogP contribution in [0.4, 0.5) is 11.4 Å². The van der Waals surface area contributed by atoms with E-state index in [9.17, 15) is 13.2 Å². The van der Waals surface area contributed by atoms with Crippen LogP contribution >= 0.6 is 0 Å². The minimum absolute atomic E-state index is 0.00119. The van der Waals surface area contributed by atoms with Crippen molar-refractivity contribution in [3.05, 3.63) is 59.7 Å². The van der Waals surface area contributed by atoms with E-state index in [4.69, 9.17) is 4.74 Å². The molecule has 0 heterocycles. The average Bonchev–Trinajstić information content (AvgIpc) is 2.62. The highest BCUT2D eigenvalue weighted by molar-refractivity contribution is 7.92. The van der Waals surface area contributed by atoms with E-state index in [0.29, 0.717) is 18.0 Å². The molecule has 2 aromatic carbocycles. The topological polar surface area (TPSA) is 84.5 Å². The van der Waals surface area contributed by atoms with E-state index in [0.717, 1.165) is 11.1 Å². The fourth-order valence-corrected chi connectivity index (χ4v) is 2.92. The fraction of sp³-hybridized carbons (Fsp3) is 0.316. The van der Waals surface area contributed by atoms with Gasteiger partial charge in [-0.1, -0.05) is 30.3 Å². The molecule has 0 aliphatic carbocycles. The summed E-state index contributed by atoms with van der Waals surface area (Å²) in [7, 11) is -3.34. The summed E-state index contributed by atoms with van der Waals surface area (Å²) >= 11 is 0. The lowest BCUT2D eigenvalue weighted by Crippen LogP contribution is -2.27. The van der Waals surface area contributed by atoms with Crippen LogP contribution in [0.1, 0.15) is 25.0 Å². The Balaban J connectivity index is 1.95. The molecule has 6 nitrogen and oxygen atoms in total. The van der Waals surface area contributed by atoms with Crippen LogP contribution in [0.3, 0.4) is 0 Å². The van der Waals surface area contributed by atoms with Gasteiger partial charge in [-0.15, -0.1) is 0 Å². The van der Waals surface area contributed by atoms with Gasteiger partial charge in [0.05, 0.1) is 18.0 Å². The first-order valence-corrected chi connectivity index (χ1v) is 10.0. The molecule has 1 amide bonds. The molecule has 140 valence electrons. The minimum atomic E-state index is -3.34. The molecule has 0 spiro atoms.